The van der Waals surface area contributed by atoms with Gasteiger partial charge in [0.25, 0.3) is 0 Å². The molecule has 4 atom stereocenters. The fourth-order valence-corrected chi connectivity index (χ4v) is 0.980. The molecule has 0 bridgehead atoms. The van der Waals surface area contributed by atoms with Gasteiger partial charge < -0.3 is 19.6 Å². The summed E-state index contributed by atoms with van der Waals surface area (Å²) in [6, 6.07) is 0. The molecule has 0 saturated carbocycles. The van der Waals surface area contributed by atoms with Crippen LogP contribution < -0.4 is 19.6 Å². The predicted octanol–water partition coefficient (Wildman–Crippen LogP) is -1.07. The molecule has 0 fully saturated rings. The summed E-state index contributed by atoms with van der Waals surface area (Å²) in [6.45, 7) is 0. The third kappa shape index (κ3) is 46.8. The first kappa shape index (κ1) is 26.8. The van der Waals surface area contributed by atoms with Crippen LogP contribution in [0.3, 0.4) is 0 Å². The van der Waals surface area contributed by atoms with Crippen molar-refractivity contribution in [3.8, 4) is 0 Å². The van der Waals surface area contributed by atoms with Crippen molar-refractivity contribution in [3.63, 3.8) is 0 Å². The Kier molecular flexibility index (Phi) is 31.0. The topological polar surface area (TPSA) is 179 Å². The molecule has 0 spiro atoms. The largest absolute Gasteiger partial charge is 4.00 e. The summed E-state index contributed by atoms with van der Waals surface area (Å²) >= 11 is 4.64. The van der Waals surface area contributed by atoms with E-state index in [2.05, 4.69) is 20.2 Å². The maximum absolute atomic E-state index is 9.24. The minimum atomic E-state index is -3.24. The molecule has 0 aliphatic heterocycles. The summed E-state index contributed by atoms with van der Waals surface area (Å²) in [6.07, 6.45) is 1.47. The molecular weight excluding hydrogens is 423 g/mol. The van der Waals surface area contributed by atoms with E-state index >= 15 is 0 Å². The molecule has 0 aromatic rings. The maximum Gasteiger partial charge on any atom is 4.00 e. The zero-order valence-corrected chi connectivity index (χ0v) is 14.5. The Morgan fingerprint density at radius 3 is 0.824 bits per heavy atom. The minimum absolute atomic E-state index is 0. The second-order valence-corrected chi connectivity index (χ2v) is 4.15. The molecule has 0 saturated heterocycles. The molecular formula is CH3ClO10P4Zr+4. The van der Waals surface area contributed by atoms with E-state index in [0.717, 1.165) is 0 Å². The van der Waals surface area contributed by atoms with Crippen molar-refractivity contribution in [2.45, 2.75) is 0 Å². The predicted molar refractivity (Wildman–Crippen MR) is 44.4 cm³/mol. The van der Waals surface area contributed by atoms with Crippen LogP contribution in [0.15, 0.2) is 0 Å². The van der Waals surface area contributed by atoms with Crippen LogP contribution in [-0.2, 0) is 53.1 Å². The molecule has 0 rings (SSSR count). The molecule has 0 aliphatic carbocycles. The number of alkyl halides is 1. The molecule has 0 radical (unpaired) electrons. The molecule has 10 nitrogen and oxygen atoms in total. The van der Waals surface area contributed by atoms with E-state index in [4.69, 9.17) is 0 Å². The number of hydrogen-bond donors (Lipinski definition) is 0. The van der Waals surface area contributed by atoms with Crippen LogP contribution in [0, 0.1) is 0 Å². The Morgan fingerprint density at radius 1 is 0.706 bits per heavy atom. The van der Waals surface area contributed by atoms with Crippen molar-refractivity contribution in [3.05, 3.63) is 0 Å². The van der Waals surface area contributed by atoms with Crippen LogP contribution in [0.4, 0.5) is 0 Å². The van der Waals surface area contributed by atoms with Gasteiger partial charge in [-0.2, -0.15) is 0 Å². The quantitative estimate of drug-likeness (QED) is 0.397. The van der Waals surface area contributed by atoms with E-state index < -0.39 is 33.0 Å². The smallest absolute Gasteiger partial charge is 0.563 e. The summed E-state index contributed by atoms with van der Waals surface area (Å²) in [5.74, 6) is 0. The molecule has 94 valence electrons. The second-order valence-electron chi connectivity index (χ2n) is 1.06. The SMILES string of the molecule is CCl.O=[P+]([O-])O[P+](=O)[O-].O=[P+]([O-])O[P+](=O)[O-].[Zr+4]. The van der Waals surface area contributed by atoms with Crippen LogP contribution in [0.2, 0.25) is 0 Å². The van der Waals surface area contributed by atoms with Crippen molar-refractivity contribution >= 4 is 44.6 Å². The molecule has 4 unspecified atom stereocenters. The summed E-state index contributed by atoms with van der Waals surface area (Å²) in [5.41, 5.74) is 0. The summed E-state index contributed by atoms with van der Waals surface area (Å²) in [7, 11) is -12.9. The van der Waals surface area contributed by atoms with Crippen LogP contribution in [0.1, 0.15) is 0 Å². The van der Waals surface area contributed by atoms with E-state index in [0.29, 0.717) is 0 Å². The van der Waals surface area contributed by atoms with Crippen molar-refractivity contribution in [2.24, 2.45) is 0 Å². The van der Waals surface area contributed by atoms with E-state index in [1.54, 1.807) is 0 Å². The van der Waals surface area contributed by atoms with Gasteiger partial charge in [0.05, 0.1) is 0 Å². The van der Waals surface area contributed by atoms with Crippen LogP contribution in [-0.4, -0.2) is 6.38 Å². The first-order chi connectivity index (χ1) is 7.25. The average molecular weight is 426 g/mol. The Balaban J connectivity index is -0.0000000823. The molecule has 0 heterocycles. The van der Waals surface area contributed by atoms with Crippen LogP contribution in [0.25, 0.3) is 0 Å². The number of rotatable bonds is 4. The van der Waals surface area contributed by atoms with Gasteiger partial charge in [-0.25, -0.2) is 0 Å². The van der Waals surface area contributed by atoms with Gasteiger partial charge in [0, 0.05) is 6.38 Å². The standard InChI is InChI=1S/CH3Cl.2O5P2.Zr/c1-2;2*1-6(2)5-7(3)4;/h1H3;;;/q;;;+4. The van der Waals surface area contributed by atoms with Gasteiger partial charge in [-0.15, -0.1) is 11.6 Å². The average Bonchev–Trinajstić information content (AvgIpc) is 2.03. The van der Waals surface area contributed by atoms with Gasteiger partial charge in [0.1, 0.15) is 8.62 Å². The van der Waals surface area contributed by atoms with Crippen LogP contribution >= 0.6 is 44.6 Å². The number of halogens is 1. The van der Waals surface area contributed by atoms with E-state index in [-0.39, 0.29) is 26.2 Å². The molecule has 0 aromatic heterocycles. The fraction of sp³-hybridized carbons (Fsp3) is 1.00. The summed E-state index contributed by atoms with van der Waals surface area (Å²) < 4.78 is 43.3. The van der Waals surface area contributed by atoms with Crippen molar-refractivity contribution < 1.29 is 72.7 Å². The number of hydrogen-bond acceptors (Lipinski definition) is 10. The first-order valence-corrected chi connectivity index (χ1v) is 7.71. The Morgan fingerprint density at radius 2 is 0.824 bits per heavy atom. The van der Waals surface area contributed by atoms with E-state index in [9.17, 15) is 37.8 Å². The Hall–Kier alpha value is 1.33. The third-order valence-corrected chi connectivity index (χ3v) is 2.40. The normalized spacial score (nSPS) is 11.4. The Bertz CT molecular complexity index is 207. The zero-order chi connectivity index (χ0) is 13.7. The molecule has 0 aliphatic rings. The monoisotopic (exact) mass is 424 g/mol. The van der Waals surface area contributed by atoms with Gasteiger partial charge in [-0.1, -0.05) is 0 Å². The van der Waals surface area contributed by atoms with Gasteiger partial charge in [-0.3, -0.25) is 0 Å². The van der Waals surface area contributed by atoms with Gasteiger partial charge >= 0.3 is 59.2 Å². The maximum atomic E-state index is 9.24. The summed E-state index contributed by atoms with van der Waals surface area (Å²) in [5, 5.41) is 0. The minimum Gasteiger partial charge on any atom is -0.563 e. The second kappa shape index (κ2) is 19.7. The molecule has 0 N–H and O–H groups in total. The zero-order valence-electron chi connectivity index (χ0n) is 7.75. The van der Waals surface area contributed by atoms with E-state index in [1.165, 1.54) is 6.38 Å². The summed E-state index contributed by atoms with van der Waals surface area (Å²) in [4.78, 5) is 37.0. The van der Waals surface area contributed by atoms with Gasteiger partial charge in [-0.05, 0) is 18.3 Å². The first-order valence-electron chi connectivity index (χ1n) is 2.57. The third-order valence-electron chi connectivity index (χ3n) is 0.267. The van der Waals surface area contributed by atoms with Crippen LogP contribution in [0.5, 0.6) is 0 Å². The van der Waals surface area contributed by atoms with Crippen molar-refractivity contribution in [2.75, 3.05) is 6.38 Å². The Labute approximate surface area is 123 Å². The molecule has 16 heteroatoms. The van der Waals surface area contributed by atoms with Gasteiger partial charge in [0.15, 0.2) is 0 Å². The molecule has 0 amide bonds. The fourth-order valence-electron chi connectivity index (χ4n) is 0.109. The van der Waals surface area contributed by atoms with Crippen molar-refractivity contribution in [1.29, 1.82) is 0 Å². The van der Waals surface area contributed by atoms with E-state index in [1.807, 2.05) is 0 Å². The van der Waals surface area contributed by atoms with Crippen molar-refractivity contribution in [1.82, 2.24) is 0 Å². The molecule has 17 heavy (non-hydrogen) atoms. The van der Waals surface area contributed by atoms with Gasteiger partial charge in [0.2, 0.25) is 0 Å². The molecule has 0 aromatic carbocycles.